The van der Waals surface area contributed by atoms with E-state index >= 15 is 0 Å². The summed E-state index contributed by atoms with van der Waals surface area (Å²) < 4.78 is 0. The van der Waals surface area contributed by atoms with Gasteiger partial charge in [-0.3, -0.25) is 0 Å². The third-order valence-corrected chi connectivity index (χ3v) is 21.6. The fourth-order valence-electron chi connectivity index (χ4n) is 13.3. The van der Waals surface area contributed by atoms with Crippen LogP contribution in [0.4, 0.5) is 34.1 Å². The van der Waals surface area contributed by atoms with E-state index in [1.54, 1.807) is 0 Å². The summed E-state index contributed by atoms with van der Waals surface area (Å²) in [5.41, 5.74) is 20.7. The third kappa shape index (κ3) is 11.4. The fourth-order valence-corrected chi connectivity index (χ4v) is 15.2. The monoisotopic (exact) mass is 1220 g/mol. The number of fused-ring (bicyclic) bond motifs is 4. The molecule has 0 aliphatic heterocycles. The van der Waals surface area contributed by atoms with Gasteiger partial charge in [-0.2, -0.15) is 0 Å². The highest BCUT2D eigenvalue weighted by molar-refractivity contribution is 8.32. The highest BCUT2D eigenvalue weighted by Gasteiger charge is 2.24. The van der Waals surface area contributed by atoms with Crippen LogP contribution in [0.2, 0.25) is 0 Å². The lowest BCUT2D eigenvalue weighted by atomic mass is 9.84. The van der Waals surface area contributed by atoms with Crippen molar-refractivity contribution in [1.29, 1.82) is 0 Å². The van der Waals surface area contributed by atoms with Crippen molar-refractivity contribution in [3.63, 3.8) is 0 Å². The summed E-state index contributed by atoms with van der Waals surface area (Å²) in [4.78, 5) is 7.64. The second-order valence-corrected chi connectivity index (χ2v) is 33.9. The molecule has 0 heterocycles. The van der Waals surface area contributed by atoms with Gasteiger partial charge in [0.05, 0.1) is 0 Å². The van der Waals surface area contributed by atoms with Crippen LogP contribution in [0.5, 0.6) is 0 Å². The van der Waals surface area contributed by atoms with Gasteiger partial charge >= 0.3 is 0 Å². The summed E-state index contributed by atoms with van der Waals surface area (Å²) in [5, 5.41) is 9.63. The van der Waals surface area contributed by atoms with E-state index in [-0.39, 0.29) is 0 Å². The zero-order valence-electron chi connectivity index (χ0n) is 52.9. The van der Waals surface area contributed by atoms with Crippen molar-refractivity contribution in [1.82, 2.24) is 0 Å². The van der Waals surface area contributed by atoms with Crippen LogP contribution >= 0.6 is 20.1 Å². The van der Waals surface area contributed by atoms with E-state index in [0.717, 1.165) is 45.3 Å². The van der Waals surface area contributed by atoms with Gasteiger partial charge in [-0.25, -0.2) is 20.1 Å². The van der Waals surface area contributed by atoms with Crippen LogP contribution in [0.15, 0.2) is 337 Å². The van der Waals surface area contributed by atoms with Gasteiger partial charge in [-0.05, 0) is 266 Å². The lowest BCUT2D eigenvalue weighted by Gasteiger charge is -2.30. The molecule has 92 heavy (non-hydrogen) atoms. The summed E-state index contributed by atoms with van der Waals surface area (Å²) in [7, 11) is -1.93. The zero-order valence-corrected chi connectivity index (χ0v) is 54.5. The van der Waals surface area contributed by atoms with Crippen molar-refractivity contribution in [3.8, 4) is 66.8 Å². The zero-order chi connectivity index (χ0) is 62.5. The SMILES string of the molecule is CS(C)(C)c1ccc(N(c2ccc(-c3ccccc3)cc2)c2ccc3c(-c4ccc(-c5ccc6ccccc6c5)cc4)c4cc(N(c5ccc(-c6ccccc6)cc5)c5ccc(S(C)(C)C)cc5)ccc4c(-c4ccc(-c5ccc6ccccc6c5)cc4)c3c2)cc1. The van der Waals surface area contributed by atoms with Gasteiger partial charge in [-0.1, -0.05) is 218 Å². The molecular formula is C88H72N2S2. The van der Waals surface area contributed by atoms with Crippen molar-refractivity contribution in [2.45, 2.75) is 9.79 Å². The second-order valence-electron chi connectivity index (χ2n) is 25.6. The molecule has 0 bridgehead atoms. The quantitative estimate of drug-likeness (QED) is 0.100. The van der Waals surface area contributed by atoms with Crippen LogP contribution in [0.25, 0.3) is 110 Å². The van der Waals surface area contributed by atoms with Gasteiger partial charge in [0, 0.05) is 34.1 Å². The van der Waals surface area contributed by atoms with Gasteiger partial charge in [0.25, 0.3) is 0 Å². The standard InChI is InChI=1S/C88H72N2S2/c1-91(2,3)81-51-45-77(46-52-81)89(75-41-37-65(38-42-75)61-17-9-7-10-18-61)79-49-55-83-85(59-79)87(69-31-25-67(26-32-69)73-35-29-63-21-13-15-23-71(63)57-73)84-56-50-80(60-86(84)88(83)70-33-27-68(28-34-70)74-36-30-64-22-14-16-24-72(64)58-74)90(78-47-53-82(54-48-78)92(4,5)6)76-43-39-66(40-44-76)62-19-11-8-12-20-62/h7-60H,1-6H3. The predicted molar refractivity (Wildman–Crippen MR) is 406 cm³/mol. The first-order valence-electron chi connectivity index (χ1n) is 31.6. The molecule has 4 heteroatoms. The topological polar surface area (TPSA) is 6.48 Å². The predicted octanol–water partition coefficient (Wildman–Crippen LogP) is 25.3. The first kappa shape index (κ1) is 58.0. The Bertz CT molecular complexity index is 4840. The average molecular weight is 1220 g/mol. The Kier molecular flexibility index (Phi) is 15.2. The molecule has 0 saturated heterocycles. The highest BCUT2D eigenvalue weighted by Crippen LogP contribution is 2.52. The number of anilines is 6. The van der Waals surface area contributed by atoms with Crippen LogP contribution in [-0.4, -0.2) is 37.5 Å². The minimum absolute atomic E-state index is 0.967. The number of benzene rings is 15. The minimum Gasteiger partial charge on any atom is -0.310 e. The van der Waals surface area contributed by atoms with E-state index < -0.39 is 20.1 Å². The molecule has 0 amide bonds. The Hall–Kier alpha value is -10.4. The lowest BCUT2D eigenvalue weighted by molar-refractivity contribution is 1.27. The smallest absolute Gasteiger partial charge is 0.0468 e. The molecule has 0 aliphatic rings. The van der Waals surface area contributed by atoms with Crippen molar-refractivity contribution in [3.05, 3.63) is 328 Å². The van der Waals surface area contributed by atoms with Crippen LogP contribution in [0.3, 0.4) is 0 Å². The second kappa shape index (κ2) is 24.1. The molecule has 0 fully saturated rings. The number of hydrogen-bond acceptors (Lipinski definition) is 2. The van der Waals surface area contributed by atoms with E-state index in [0.29, 0.717) is 0 Å². The van der Waals surface area contributed by atoms with E-state index in [2.05, 4.69) is 375 Å². The maximum absolute atomic E-state index is 2.47. The molecule has 0 aliphatic carbocycles. The van der Waals surface area contributed by atoms with Crippen molar-refractivity contribution in [2.24, 2.45) is 0 Å². The molecule has 0 atom stereocenters. The molecule has 2 nitrogen and oxygen atoms in total. The molecule has 15 rings (SSSR count). The normalized spacial score (nSPS) is 12.2. The van der Waals surface area contributed by atoms with Crippen molar-refractivity contribution >= 4 is 97.3 Å². The number of hydrogen-bond donors (Lipinski definition) is 0. The molecule has 0 saturated carbocycles. The minimum atomic E-state index is -0.967. The summed E-state index contributed by atoms with van der Waals surface area (Å²) in [5.74, 6) is 0. The van der Waals surface area contributed by atoms with Gasteiger partial charge in [0.15, 0.2) is 0 Å². The summed E-state index contributed by atoms with van der Waals surface area (Å²) >= 11 is 0. The molecule has 0 aromatic heterocycles. The molecule has 15 aromatic rings. The Labute approximate surface area is 545 Å². The van der Waals surface area contributed by atoms with E-state index in [1.807, 2.05) is 0 Å². The first-order valence-corrected chi connectivity index (χ1v) is 37.3. The van der Waals surface area contributed by atoms with E-state index in [4.69, 9.17) is 0 Å². The number of nitrogens with zero attached hydrogens (tertiary/aromatic N) is 2. The molecule has 446 valence electrons. The maximum atomic E-state index is 2.47. The molecule has 15 aromatic carbocycles. The first-order chi connectivity index (χ1) is 44.8. The van der Waals surface area contributed by atoms with E-state index in [1.165, 1.54) is 109 Å². The van der Waals surface area contributed by atoms with Gasteiger partial charge in [-0.15, -0.1) is 0 Å². The lowest BCUT2D eigenvalue weighted by Crippen LogP contribution is -2.11. The van der Waals surface area contributed by atoms with Crippen LogP contribution in [0.1, 0.15) is 0 Å². The summed E-state index contributed by atoms with van der Waals surface area (Å²) in [6.07, 6.45) is 14.2. The van der Waals surface area contributed by atoms with Gasteiger partial charge in [0.1, 0.15) is 0 Å². The summed E-state index contributed by atoms with van der Waals surface area (Å²) in [6.45, 7) is 0. The fraction of sp³-hybridized carbons (Fsp3) is 0.0682. The van der Waals surface area contributed by atoms with Crippen molar-refractivity contribution < 1.29 is 0 Å². The average Bonchev–Trinajstić information content (AvgIpc) is 0.732. The largest absolute Gasteiger partial charge is 0.310 e. The highest BCUT2D eigenvalue weighted by atomic mass is 32.3. The Morgan fingerprint density at radius 1 is 0.185 bits per heavy atom. The Balaban J connectivity index is 0.984. The molecular weight excluding hydrogens is 1150 g/mol. The van der Waals surface area contributed by atoms with Crippen molar-refractivity contribution in [2.75, 3.05) is 47.3 Å². The molecule has 0 unspecified atom stereocenters. The molecule has 0 spiro atoms. The maximum Gasteiger partial charge on any atom is 0.0468 e. The summed E-state index contributed by atoms with van der Waals surface area (Å²) in [6, 6.07) is 122. The Morgan fingerprint density at radius 2 is 0.446 bits per heavy atom. The van der Waals surface area contributed by atoms with Gasteiger partial charge < -0.3 is 9.80 Å². The van der Waals surface area contributed by atoms with Crippen LogP contribution < -0.4 is 9.80 Å². The molecule has 0 N–H and O–H groups in total. The number of rotatable bonds is 14. The van der Waals surface area contributed by atoms with Crippen LogP contribution in [-0.2, 0) is 0 Å². The Morgan fingerprint density at radius 3 is 0.793 bits per heavy atom. The van der Waals surface area contributed by atoms with E-state index in [9.17, 15) is 0 Å². The van der Waals surface area contributed by atoms with Gasteiger partial charge in [0.2, 0.25) is 0 Å². The third-order valence-electron chi connectivity index (χ3n) is 18.2. The molecule has 0 radical (unpaired) electrons. The van der Waals surface area contributed by atoms with Crippen LogP contribution in [0, 0.1) is 0 Å².